The Morgan fingerprint density at radius 1 is 1.29 bits per heavy atom. The van der Waals surface area contributed by atoms with Crippen LogP contribution in [0, 0.1) is 5.92 Å². The zero-order valence-corrected chi connectivity index (χ0v) is 13.7. The molecule has 1 unspecified atom stereocenters. The van der Waals surface area contributed by atoms with E-state index in [0.29, 0.717) is 6.42 Å². The number of hydrogen-bond donors (Lipinski definition) is 2. The Morgan fingerprint density at radius 2 is 2.00 bits per heavy atom. The molecule has 2 rings (SSSR count). The number of piperidine rings is 1. The van der Waals surface area contributed by atoms with Crippen molar-refractivity contribution in [1.29, 1.82) is 0 Å². The third kappa shape index (κ3) is 6.49. The summed E-state index contributed by atoms with van der Waals surface area (Å²) in [5.74, 6) is 0.867. The number of carbonyl (C=O) groups excluding carboxylic acids is 1. The van der Waals surface area contributed by atoms with Gasteiger partial charge in [-0.2, -0.15) is 0 Å². The number of benzene rings is 1. The molecule has 1 atom stereocenters. The quantitative estimate of drug-likeness (QED) is 0.848. The second-order valence-corrected chi connectivity index (χ2v) is 5.70. The van der Waals surface area contributed by atoms with Crippen LogP contribution in [0.5, 0.6) is 0 Å². The van der Waals surface area contributed by atoms with Crippen LogP contribution in [0.15, 0.2) is 24.3 Å². The zero-order chi connectivity index (χ0) is 14.2. The summed E-state index contributed by atoms with van der Waals surface area (Å²) in [5, 5.41) is 6.45. The third-order valence-electron chi connectivity index (χ3n) is 4.07. The highest BCUT2D eigenvalue weighted by Crippen LogP contribution is 2.13. The average Bonchev–Trinajstić information content (AvgIpc) is 2.49. The number of nitrogens with one attached hydrogen (secondary N) is 2. The Morgan fingerprint density at radius 3 is 2.62 bits per heavy atom. The fourth-order valence-corrected chi connectivity index (χ4v) is 2.73. The maximum absolute atomic E-state index is 11.9. The fraction of sp³-hybridized carbons (Fsp3) is 0.588. The third-order valence-corrected chi connectivity index (χ3v) is 4.07. The van der Waals surface area contributed by atoms with Crippen LogP contribution in [0.3, 0.4) is 0 Å². The van der Waals surface area contributed by atoms with Crippen LogP contribution in [0.1, 0.15) is 37.3 Å². The first kappa shape index (κ1) is 18.0. The highest BCUT2D eigenvalue weighted by molar-refractivity contribution is 5.85. The average molecular weight is 311 g/mol. The lowest BCUT2D eigenvalue weighted by molar-refractivity contribution is -0.120. The van der Waals surface area contributed by atoms with Crippen LogP contribution in [0.2, 0.25) is 0 Å². The topological polar surface area (TPSA) is 41.1 Å². The van der Waals surface area contributed by atoms with E-state index in [1.54, 1.807) is 0 Å². The predicted octanol–water partition coefficient (Wildman–Crippen LogP) is 2.72. The van der Waals surface area contributed by atoms with Crippen LogP contribution >= 0.6 is 12.4 Å². The highest BCUT2D eigenvalue weighted by Gasteiger charge is 2.12. The molecule has 1 fully saturated rings. The van der Waals surface area contributed by atoms with Gasteiger partial charge in [-0.25, -0.2) is 0 Å². The lowest BCUT2D eigenvalue weighted by Crippen LogP contribution is -2.33. The largest absolute Gasteiger partial charge is 0.356 e. The number of rotatable bonds is 6. The SMILES string of the molecule is CCc1ccc(CC(=O)NCCC2CCCNC2)cc1.Cl. The van der Waals surface area contributed by atoms with Crippen molar-refractivity contribution in [2.24, 2.45) is 5.92 Å². The van der Waals surface area contributed by atoms with Crippen LogP contribution < -0.4 is 10.6 Å². The van der Waals surface area contributed by atoms with Gasteiger partial charge in [-0.1, -0.05) is 31.2 Å². The maximum Gasteiger partial charge on any atom is 0.224 e. The molecule has 0 radical (unpaired) electrons. The molecule has 0 aliphatic carbocycles. The lowest BCUT2D eigenvalue weighted by atomic mass is 9.96. The molecule has 1 aliphatic heterocycles. The van der Waals surface area contributed by atoms with E-state index in [9.17, 15) is 4.79 Å². The van der Waals surface area contributed by atoms with Crippen molar-refractivity contribution in [1.82, 2.24) is 10.6 Å². The molecule has 118 valence electrons. The molecule has 3 nitrogen and oxygen atoms in total. The predicted molar refractivity (Wildman–Crippen MR) is 90.0 cm³/mol. The second-order valence-electron chi connectivity index (χ2n) is 5.70. The monoisotopic (exact) mass is 310 g/mol. The molecule has 1 aromatic carbocycles. The van der Waals surface area contributed by atoms with Gasteiger partial charge in [0.15, 0.2) is 0 Å². The minimum absolute atomic E-state index is 0. The molecule has 0 bridgehead atoms. The highest BCUT2D eigenvalue weighted by atomic mass is 35.5. The molecule has 1 aromatic rings. The molecule has 1 amide bonds. The van der Waals surface area contributed by atoms with Crippen molar-refractivity contribution in [3.63, 3.8) is 0 Å². The van der Waals surface area contributed by atoms with Crippen molar-refractivity contribution in [2.45, 2.75) is 39.0 Å². The maximum atomic E-state index is 11.9. The number of halogens is 1. The number of amides is 1. The summed E-state index contributed by atoms with van der Waals surface area (Å²) in [5.41, 5.74) is 2.41. The molecule has 4 heteroatoms. The van der Waals surface area contributed by atoms with Gasteiger partial charge in [-0.05, 0) is 55.8 Å². The fourth-order valence-electron chi connectivity index (χ4n) is 2.73. The van der Waals surface area contributed by atoms with Crippen molar-refractivity contribution in [3.8, 4) is 0 Å². The summed E-state index contributed by atoms with van der Waals surface area (Å²) in [6.07, 6.45) is 5.19. The Kier molecular flexibility index (Phi) is 8.40. The van der Waals surface area contributed by atoms with Crippen LogP contribution in [0.4, 0.5) is 0 Å². The Labute approximate surface area is 134 Å². The molecule has 1 heterocycles. The summed E-state index contributed by atoms with van der Waals surface area (Å²) in [6, 6.07) is 8.33. The Balaban J connectivity index is 0.00000220. The van der Waals surface area contributed by atoms with E-state index in [1.807, 2.05) is 0 Å². The van der Waals surface area contributed by atoms with Gasteiger partial charge in [-0.15, -0.1) is 12.4 Å². The van der Waals surface area contributed by atoms with Gasteiger partial charge in [0.25, 0.3) is 0 Å². The van der Waals surface area contributed by atoms with E-state index in [2.05, 4.69) is 41.8 Å². The minimum Gasteiger partial charge on any atom is -0.356 e. The second kappa shape index (κ2) is 9.80. The summed E-state index contributed by atoms with van der Waals surface area (Å²) < 4.78 is 0. The van der Waals surface area contributed by atoms with Gasteiger partial charge < -0.3 is 10.6 Å². The smallest absolute Gasteiger partial charge is 0.224 e. The number of carbonyl (C=O) groups is 1. The standard InChI is InChI=1S/C17H26N2O.ClH/c1-2-14-5-7-15(8-6-14)12-17(20)19-11-9-16-4-3-10-18-13-16;/h5-8,16,18H,2-4,9-13H2,1H3,(H,19,20);1H. The molecular formula is C17H27ClN2O. The molecule has 2 N–H and O–H groups in total. The van der Waals surface area contributed by atoms with Crippen molar-refractivity contribution in [3.05, 3.63) is 35.4 Å². The van der Waals surface area contributed by atoms with Gasteiger partial charge in [0.2, 0.25) is 5.91 Å². The van der Waals surface area contributed by atoms with Crippen LogP contribution in [-0.2, 0) is 17.6 Å². The molecule has 1 aliphatic rings. The Hall–Kier alpha value is -1.06. The summed E-state index contributed by atoms with van der Waals surface area (Å²) in [7, 11) is 0. The molecule has 0 spiro atoms. The van der Waals surface area contributed by atoms with Gasteiger partial charge in [0, 0.05) is 6.54 Å². The van der Waals surface area contributed by atoms with Gasteiger partial charge in [0.1, 0.15) is 0 Å². The molecule has 0 aromatic heterocycles. The van der Waals surface area contributed by atoms with Gasteiger partial charge in [-0.3, -0.25) is 4.79 Å². The van der Waals surface area contributed by atoms with Gasteiger partial charge in [0.05, 0.1) is 6.42 Å². The summed E-state index contributed by atoms with van der Waals surface area (Å²) in [4.78, 5) is 11.9. The first-order valence-electron chi connectivity index (χ1n) is 7.83. The minimum atomic E-state index is 0. The first-order chi connectivity index (χ1) is 9.78. The number of hydrogen-bond acceptors (Lipinski definition) is 2. The van der Waals surface area contributed by atoms with Gasteiger partial charge >= 0.3 is 0 Å². The molecule has 0 saturated carbocycles. The van der Waals surface area contributed by atoms with Crippen molar-refractivity contribution in [2.75, 3.05) is 19.6 Å². The van der Waals surface area contributed by atoms with E-state index >= 15 is 0 Å². The molecule has 1 saturated heterocycles. The summed E-state index contributed by atoms with van der Waals surface area (Å²) in [6.45, 7) is 5.20. The van der Waals surface area contributed by atoms with Crippen LogP contribution in [0.25, 0.3) is 0 Å². The van der Waals surface area contributed by atoms with Crippen LogP contribution in [-0.4, -0.2) is 25.5 Å². The van der Waals surface area contributed by atoms with E-state index in [-0.39, 0.29) is 18.3 Å². The van der Waals surface area contributed by atoms with E-state index in [4.69, 9.17) is 0 Å². The normalized spacial score (nSPS) is 17.9. The zero-order valence-electron chi connectivity index (χ0n) is 12.9. The lowest BCUT2D eigenvalue weighted by Gasteiger charge is -2.22. The molecular weight excluding hydrogens is 284 g/mol. The van der Waals surface area contributed by atoms with E-state index in [1.165, 1.54) is 18.4 Å². The van der Waals surface area contributed by atoms with Crippen molar-refractivity contribution >= 4 is 18.3 Å². The molecule has 21 heavy (non-hydrogen) atoms. The summed E-state index contributed by atoms with van der Waals surface area (Å²) >= 11 is 0. The van der Waals surface area contributed by atoms with E-state index < -0.39 is 0 Å². The Bertz CT molecular complexity index is 413. The first-order valence-corrected chi connectivity index (χ1v) is 7.83. The number of aryl methyl sites for hydroxylation is 1. The van der Waals surface area contributed by atoms with E-state index in [0.717, 1.165) is 44.0 Å². The van der Waals surface area contributed by atoms with Crippen molar-refractivity contribution < 1.29 is 4.79 Å².